The Hall–Kier alpha value is -3.43. The van der Waals surface area contributed by atoms with Crippen molar-refractivity contribution in [2.75, 3.05) is 0 Å². The number of para-hydroxylation sites is 1. The number of benzene rings is 3. The topological polar surface area (TPSA) is 26.0 Å². The van der Waals surface area contributed by atoms with Gasteiger partial charge in [-0.05, 0) is 70.8 Å². The highest BCUT2D eigenvalue weighted by molar-refractivity contribution is 7.23. The van der Waals surface area contributed by atoms with E-state index in [1.807, 2.05) is 29.7 Å². The van der Waals surface area contributed by atoms with Gasteiger partial charge in [0.25, 0.3) is 0 Å². The molecule has 0 unspecified atom stereocenters. The molecule has 0 aliphatic heterocycles. The lowest BCUT2D eigenvalue weighted by atomic mass is 9.82. The summed E-state index contributed by atoms with van der Waals surface area (Å²) in [5.74, 6) is 0.964. The van der Waals surface area contributed by atoms with Gasteiger partial charge in [0.1, 0.15) is 11.3 Å². The average Bonchev–Trinajstić information content (AvgIpc) is 3.33. The van der Waals surface area contributed by atoms with Gasteiger partial charge in [0.05, 0.1) is 10.4 Å². The maximum Gasteiger partial charge on any atom is 0.134 e. The fourth-order valence-corrected chi connectivity index (χ4v) is 6.53. The molecular formula is C31H27NOS. The lowest BCUT2D eigenvalue weighted by molar-refractivity contribution is 0.580. The van der Waals surface area contributed by atoms with Crippen LogP contribution in [0.25, 0.3) is 53.5 Å². The molecule has 0 saturated carbocycles. The predicted molar refractivity (Wildman–Crippen MR) is 146 cm³/mol. The molecule has 0 radical (unpaired) electrons. The Morgan fingerprint density at radius 2 is 1.56 bits per heavy atom. The number of nitrogens with zero attached hydrogens (tertiary/aromatic N) is 1. The summed E-state index contributed by atoms with van der Waals surface area (Å²) in [6, 6.07) is 23.8. The number of furan rings is 1. The van der Waals surface area contributed by atoms with Crippen molar-refractivity contribution >= 4 is 43.2 Å². The smallest absolute Gasteiger partial charge is 0.134 e. The quantitative estimate of drug-likeness (QED) is 0.257. The van der Waals surface area contributed by atoms with Crippen LogP contribution >= 0.6 is 11.3 Å². The summed E-state index contributed by atoms with van der Waals surface area (Å²) >= 11 is 1.83. The zero-order valence-corrected chi connectivity index (χ0v) is 21.0. The monoisotopic (exact) mass is 461 g/mol. The molecule has 0 spiro atoms. The minimum absolute atomic E-state index is 0.0346. The molecule has 0 N–H and O–H groups in total. The van der Waals surface area contributed by atoms with E-state index in [2.05, 4.69) is 89.2 Å². The molecule has 0 bridgehead atoms. The van der Waals surface area contributed by atoms with Crippen molar-refractivity contribution in [3.63, 3.8) is 0 Å². The predicted octanol–water partition coefficient (Wildman–Crippen LogP) is 9.44. The van der Waals surface area contributed by atoms with Crippen LogP contribution in [0.2, 0.25) is 0 Å². The molecule has 0 amide bonds. The number of hydrogen-bond donors (Lipinski definition) is 0. The standard InChI is InChI=1S/C31H27NOS/c1-18-22-14-15-32-28(21-16-20-10-6-7-11-23(20)25(17-21)31(3,4)5)30(22)34-29(18)27-19(2)33-26-13-9-8-12-24(26)27/h6-17H,1-5H3. The largest absolute Gasteiger partial charge is 0.461 e. The molecule has 34 heavy (non-hydrogen) atoms. The van der Waals surface area contributed by atoms with E-state index in [1.165, 1.54) is 53.4 Å². The van der Waals surface area contributed by atoms with Crippen LogP contribution in [0.5, 0.6) is 0 Å². The Labute approximate surface area is 203 Å². The van der Waals surface area contributed by atoms with Gasteiger partial charge < -0.3 is 4.42 Å². The Balaban J connectivity index is 1.64. The highest BCUT2D eigenvalue weighted by Gasteiger charge is 2.22. The molecule has 0 aliphatic rings. The van der Waals surface area contributed by atoms with Gasteiger partial charge in [-0.15, -0.1) is 11.3 Å². The van der Waals surface area contributed by atoms with Crippen LogP contribution in [0.15, 0.2) is 77.3 Å². The minimum Gasteiger partial charge on any atom is -0.461 e. The number of thiophene rings is 1. The summed E-state index contributed by atoms with van der Waals surface area (Å²) in [4.78, 5) is 6.18. The van der Waals surface area contributed by atoms with E-state index in [9.17, 15) is 0 Å². The minimum atomic E-state index is 0.0346. The van der Waals surface area contributed by atoms with Gasteiger partial charge in [-0.25, -0.2) is 0 Å². The normalized spacial score (nSPS) is 12.3. The zero-order chi connectivity index (χ0) is 23.6. The number of rotatable bonds is 2. The van der Waals surface area contributed by atoms with Crippen LogP contribution in [0.4, 0.5) is 0 Å². The summed E-state index contributed by atoms with van der Waals surface area (Å²) in [5.41, 5.74) is 7.05. The SMILES string of the molecule is Cc1oc2ccccc2c1-c1sc2c(-c3cc(C(C)(C)C)c4ccccc4c3)nccc2c1C. The van der Waals surface area contributed by atoms with Gasteiger partial charge in [0, 0.05) is 27.6 Å². The summed E-state index contributed by atoms with van der Waals surface area (Å²) < 4.78 is 7.34. The molecule has 6 aromatic rings. The van der Waals surface area contributed by atoms with E-state index in [4.69, 9.17) is 9.40 Å². The van der Waals surface area contributed by atoms with Crippen molar-refractivity contribution in [1.82, 2.24) is 4.98 Å². The molecule has 3 aromatic carbocycles. The Morgan fingerprint density at radius 3 is 2.35 bits per heavy atom. The summed E-state index contributed by atoms with van der Waals surface area (Å²) in [7, 11) is 0. The molecule has 6 rings (SSSR count). The van der Waals surface area contributed by atoms with Crippen molar-refractivity contribution < 1.29 is 4.42 Å². The lowest BCUT2D eigenvalue weighted by Crippen LogP contribution is -2.12. The van der Waals surface area contributed by atoms with Gasteiger partial charge in [-0.1, -0.05) is 63.2 Å². The first kappa shape index (κ1) is 21.1. The van der Waals surface area contributed by atoms with Crippen LogP contribution < -0.4 is 0 Å². The Bertz CT molecular complexity index is 1710. The van der Waals surface area contributed by atoms with Crippen LogP contribution in [0, 0.1) is 13.8 Å². The first-order valence-corrected chi connectivity index (χ1v) is 12.5. The van der Waals surface area contributed by atoms with Crippen molar-refractivity contribution in [1.29, 1.82) is 0 Å². The van der Waals surface area contributed by atoms with E-state index in [0.717, 1.165) is 17.0 Å². The molecule has 0 saturated heterocycles. The molecule has 168 valence electrons. The molecule has 0 fully saturated rings. The van der Waals surface area contributed by atoms with Gasteiger partial charge in [-0.3, -0.25) is 4.98 Å². The van der Waals surface area contributed by atoms with Crippen molar-refractivity contribution in [2.24, 2.45) is 0 Å². The second kappa shape index (κ2) is 7.54. The highest BCUT2D eigenvalue weighted by Crippen LogP contribution is 2.46. The molecule has 3 aromatic heterocycles. The maximum absolute atomic E-state index is 6.11. The van der Waals surface area contributed by atoms with Crippen molar-refractivity contribution in [3.8, 4) is 21.7 Å². The summed E-state index contributed by atoms with van der Waals surface area (Å²) in [6.07, 6.45) is 1.95. The summed E-state index contributed by atoms with van der Waals surface area (Å²) in [5, 5.41) is 5.01. The van der Waals surface area contributed by atoms with Crippen molar-refractivity contribution in [2.45, 2.75) is 40.0 Å². The second-order valence-electron chi connectivity index (χ2n) is 10.1. The van der Waals surface area contributed by atoms with Crippen molar-refractivity contribution in [3.05, 3.63) is 89.8 Å². The van der Waals surface area contributed by atoms with Gasteiger partial charge in [-0.2, -0.15) is 0 Å². The third-order valence-electron chi connectivity index (χ3n) is 6.80. The lowest BCUT2D eigenvalue weighted by Gasteiger charge is -2.22. The molecule has 3 heteroatoms. The van der Waals surface area contributed by atoms with Crippen LogP contribution in [-0.4, -0.2) is 4.98 Å². The fourth-order valence-electron chi connectivity index (χ4n) is 5.11. The number of aryl methyl sites for hydroxylation is 2. The van der Waals surface area contributed by atoms with E-state index in [0.29, 0.717) is 0 Å². The second-order valence-corrected chi connectivity index (χ2v) is 11.1. The molecule has 2 nitrogen and oxygen atoms in total. The van der Waals surface area contributed by atoms with E-state index < -0.39 is 0 Å². The average molecular weight is 462 g/mol. The third kappa shape index (κ3) is 3.19. The van der Waals surface area contributed by atoms with Gasteiger partial charge in [0.15, 0.2) is 0 Å². The molecular weight excluding hydrogens is 434 g/mol. The van der Waals surface area contributed by atoms with E-state index in [1.54, 1.807) is 0 Å². The number of fused-ring (bicyclic) bond motifs is 3. The van der Waals surface area contributed by atoms with Crippen LogP contribution in [0.3, 0.4) is 0 Å². The van der Waals surface area contributed by atoms with E-state index >= 15 is 0 Å². The zero-order valence-electron chi connectivity index (χ0n) is 20.2. The number of aromatic nitrogens is 1. The van der Waals surface area contributed by atoms with E-state index in [-0.39, 0.29) is 5.41 Å². The van der Waals surface area contributed by atoms with Crippen LogP contribution in [-0.2, 0) is 5.41 Å². The molecule has 3 heterocycles. The van der Waals surface area contributed by atoms with Gasteiger partial charge in [0.2, 0.25) is 0 Å². The van der Waals surface area contributed by atoms with Crippen LogP contribution in [0.1, 0.15) is 37.7 Å². The number of hydrogen-bond acceptors (Lipinski definition) is 3. The summed E-state index contributed by atoms with van der Waals surface area (Å²) in [6.45, 7) is 11.1. The third-order valence-corrected chi connectivity index (χ3v) is 8.13. The first-order chi connectivity index (χ1) is 16.3. The maximum atomic E-state index is 6.11. The molecule has 0 atom stereocenters. The molecule has 0 aliphatic carbocycles. The Morgan fingerprint density at radius 1 is 0.824 bits per heavy atom. The highest BCUT2D eigenvalue weighted by atomic mass is 32.1. The van der Waals surface area contributed by atoms with Gasteiger partial charge >= 0.3 is 0 Å². The number of pyridine rings is 1. The first-order valence-electron chi connectivity index (χ1n) is 11.7. The fraction of sp³-hybridized carbons (Fsp3) is 0.194. The Kier molecular flexibility index (Phi) is 4.69.